The van der Waals surface area contributed by atoms with E-state index in [4.69, 9.17) is 5.73 Å². The average molecular weight is 267 g/mol. The van der Waals surface area contributed by atoms with Gasteiger partial charge in [-0.15, -0.1) is 5.10 Å². The Hall–Kier alpha value is -1.36. The van der Waals surface area contributed by atoms with Crippen molar-refractivity contribution in [1.29, 1.82) is 0 Å². The van der Waals surface area contributed by atoms with E-state index in [1.165, 1.54) is 5.56 Å². The zero-order valence-corrected chi connectivity index (χ0v) is 9.90. The van der Waals surface area contributed by atoms with Gasteiger partial charge in [0.1, 0.15) is 0 Å². The van der Waals surface area contributed by atoms with Gasteiger partial charge in [0.05, 0.1) is 12.7 Å². The third-order valence-corrected chi connectivity index (χ3v) is 2.97. The zero-order valence-electron chi connectivity index (χ0n) is 8.31. The van der Waals surface area contributed by atoms with Gasteiger partial charge in [-0.25, -0.2) is 0 Å². The standard InChI is InChI=1S/C10H11BrN4/c1-7-2-3-8(4-9(7)11)6-15-13-5-10(12)14-15/h2-5H,6H2,1H3,(H2,12,14). The lowest BCUT2D eigenvalue weighted by molar-refractivity contribution is 0.593. The molecule has 0 fully saturated rings. The van der Waals surface area contributed by atoms with E-state index in [0.717, 1.165) is 10.0 Å². The summed E-state index contributed by atoms with van der Waals surface area (Å²) in [7, 11) is 0. The number of benzene rings is 1. The Labute approximate surface area is 96.2 Å². The summed E-state index contributed by atoms with van der Waals surface area (Å²) in [5, 5.41) is 8.05. The van der Waals surface area contributed by atoms with Gasteiger partial charge in [0.25, 0.3) is 0 Å². The summed E-state index contributed by atoms with van der Waals surface area (Å²) in [5.74, 6) is 0.446. The molecule has 0 unspecified atom stereocenters. The molecule has 1 aromatic heterocycles. The molecule has 78 valence electrons. The SMILES string of the molecule is Cc1ccc(Cn2ncc(N)n2)cc1Br. The number of hydrogen-bond donors (Lipinski definition) is 1. The number of aromatic nitrogens is 3. The summed E-state index contributed by atoms with van der Waals surface area (Å²) in [6.45, 7) is 2.69. The number of nitrogen functional groups attached to an aromatic ring is 1. The Morgan fingerprint density at radius 2 is 2.27 bits per heavy atom. The van der Waals surface area contributed by atoms with Crippen molar-refractivity contribution in [3.63, 3.8) is 0 Å². The summed E-state index contributed by atoms with van der Waals surface area (Å²) >= 11 is 3.49. The maximum absolute atomic E-state index is 5.48. The second kappa shape index (κ2) is 4.02. The second-order valence-electron chi connectivity index (χ2n) is 3.38. The maximum atomic E-state index is 5.48. The molecule has 4 nitrogen and oxygen atoms in total. The smallest absolute Gasteiger partial charge is 0.165 e. The third kappa shape index (κ3) is 2.36. The number of hydrogen-bond acceptors (Lipinski definition) is 3. The lowest BCUT2D eigenvalue weighted by atomic mass is 10.1. The Morgan fingerprint density at radius 1 is 1.47 bits per heavy atom. The Morgan fingerprint density at radius 3 is 2.87 bits per heavy atom. The Bertz CT molecular complexity index is 478. The highest BCUT2D eigenvalue weighted by atomic mass is 79.9. The van der Waals surface area contributed by atoms with E-state index >= 15 is 0 Å². The van der Waals surface area contributed by atoms with Gasteiger partial charge in [0.15, 0.2) is 5.82 Å². The van der Waals surface area contributed by atoms with E-state index in [0.29, 0.717) is 12.4 Å². The summed E-state index contributed by atoms with van der Waals surface area (Å²) in [4.78, 5) is 1.58. The van der Waals surface area contributed by atoms with Gasteiger partial charge in [-0.05, 0) is 24.1 Å². The van der Waals surface area contributed by atoms with Crippen LogP contribution >= 0.6 is 15.9 Å². The molecule has 2 aromatic rings. The number of halogens is 1. The van der Waals surface area contributed by atoms with Crippen molar-refractivity contribution in [2.45, 2.75) is 13.5 Å². The van der Waals surface area contributed by atoms with Crippen LogP contribution in [0, 0.1) is 6.92 Å². The quantitative estimate of drug-likeness (QED) is 0.905. The van der Waals surface area contributed by atoms with Crippen molar-refractivity contribution in [3.8, 4) is 0 Å². The molecule has 15 heavy (non-hydrogen) atoms. The predicted octanol–water partition coefficient (Wildman–Crippen LogP) is 1.98. The second-order valence-corrected chi connectivity index (χ2v) is 4.24. The fourth-order valence-electron chi connectivity index (χ4n) is 1.28. The van der Waals surface area contributed by atoms with Crippen LogP contribution in [0.1, 0.15) is 11.1 Å². The monoisotopic (exact) mass is 266 g/mol. The fourth-order valence-corrected chi connectivity index (χ4v) is 1.71. The van der Waals surface area contributed by atoms with Crippen LogP contribution in [0.15, 0.2) is 28.9 Å². The lowest BCUT2D eigenvalue weighted by Gasteiger charge is -2.03. The molecule has 2 rings (SSSR count). The summed E-state index contributed by atoms with van der Waals surface area (Å²) < 4.78 is 1.10. The molecule has 5 heteroatoms. The van der Waals surface area contributed by atoms with E-state index < -0.39 is 0 Å². The van der Waals surface area contributed by atoms with Crippen LogP contribution in [-0.4, -0.2) is 15.0 Å². The van der Waals surface area contributed by atoms with Gasteiger partial charge in [0, 0.05) is 4.47 Å². The normalized spacial score (nSPS) is 10.5. The molecule has 0 radical (unpaired) electrons. The van der Waals surface area contributed by atoms with Gasteiger partial charge in [-0.1, -0.05) is 28.1 Å². The van der Waals surface area contributed by atoms with Gasteiger partial charge >= 0.3 is 0 Å². The van der Waals surface area contributed by atoms with Crippen LogP contribution in [-0.2, 0) is 6.54 Å². The molecule has 0 saturated heterocycles. The topological polar surface area (TPSA) is 56.7 Å². The molecule has 0 aliphatic rings. The number of anilines is 1. The molecule has 0 aliphatic heterocycles. The molecule has 0 saturated carbocycles. The van der Waals surface area contributed by atoms with Crippen LogP contribution < -0.4 is 5.73 Å². The van der Waals surface area contributed by atoms with Gasteiger partial charge in [-0.3, -0.25) is 0 Å². The minimum absolute atomic E-state index is 0.446. The van der Waals surface area contributed by atoms with E-state index in [1.54, 1.807) is 11.0 Å². The minimum atomic E-state index is 0.446. The first kappa shape index (κ1) is 10.2. The first-order valence-electron chi connectivity index (χ1n) is 4.56. The largest absolute Gasteiger partial charge is 0.381 e. The number of rotatable bonds is 2. The maximum Gasteiger partial charge on any atom is 0.165 e. The van der Waals surface area contributed by atoms with Gasteiger partial charge in [-0.2, -0.15) is 9.90 Å². The zero-order chi connectivity index (χ0) is 10.8. The van der Waals surface area contributed by atoms with Crippen LogP contribution in [0.25, 0.3) is 0 Å². The average Bonchev–Trinajstić information content (AvgIpc) is 2.58. The first-order valence-corrected chi connectivity index (χ1v) is 5.35. The highest BCUT2D eigenvalue weighted by Gasteiger charge is 2.00. The molecule has 0 atom stereocenters. The van der Waals surface area contributed by atoms with Crippen molar-refractivity contribution in [2.75, 3.05) is 5.73 Å². The number of nitrogens with two attached hydrogens (primary N) is 1. The summed E-state index contributed by atoms with van der Waals surface area (Å²) in [6.07, 6.45) is 1.54. The number of nitrogens with zero attached hydrogens (tertiary/aromatic N) is 3. The van der Waals surface area contributed by atoms with Crippen molar-refractivity contribution >= 4 is 21.7 Å². The molecule has 0 spiro atoms. The third-order valence-electron chi connectivity index (χ3n) is 2.11. The van der Waals surface area contributed by atoms with Crippen LogP contribution in [0.4, 0.5) is 5.82 Å². The van der Waals surface area contributed by atoms with Crippen molar-refractivity contribution in [1.82, 2.24) is 15.0 Å². The highest BCUT2D eigenvalue weighted by Crippen LogP contribution is 2.17. The first-order chi connectivity index (χ1) is 7.15. The fraction of sp³-hybridized carbons (Fsp3) is 0.200. The highest BCUT2D eigenvalue weighted by molar-refractivity contribution is 9.10. The van der Waals surface area contributed by atoms with E-state index in [-0.39, 0.29) is 0 Å². The van der Waals surface area contributed by atoms with Crippen LogP contribution in [0.3, 0.4) is 0 Å². The van der Waals surface area contributed by atoms with Crippen molar-refractivity contribution in [2.24, 2.45) is 0 Å². The summed E-state index contributed by atoms with van der Waals surface area (Å²) in [5.41, 5.74) is 7.84. The van der Waals surface area contributed by atoms with Gasteiger partial charge < -0.3 is 5.73 Å². The van der Waals surface area contributed by atoms with Gasteiger partial charge in [0.2, 0.25) is 0 Å². The number of aryl methyl sites for hydroxylation is 1. The molecular formula is C10H11BrN4. The lowest BCUT2D eigenvalue weighted by Crippen LogP contribution is -2.04. The molecule has 0 bridgehead atoms. The predicted molar refractivity (Wildman–Crippen MR) is 62.4 cm³/mol. The molecule has 2 N–H and O–H groups in total. The molecule has 1 heterocycles. The van der Waals surface area contributed by atoms with E-state index in [2.05, 4.69) is 51.3 Å². The Kier molecular flexibility index (Phi) is 2.73. The van der Waals surface area contributed by atoms with Crippen LogP contribution in [0.2, 0.25) is 0 Å². The van der Waals surface area contributed by atoms with Crippen LogP contribution in [0.5, 0.6) is 0 Å². The van der Waals surface area contributed by atoms with Crippen molar-refractivity contribution < 1.29 is 0 Å². The molecule has 0 aliphatic carbocycles. The molecule has 0 amide bonds. The Balaban J connectivity index is 2.21. The molecular weight excluding hydrogens is 256 g/mol. The molecule has 1 aromatic carbocycles. The summed E-state index contributed by atoms with van der Waals surface area (Å²) in [6, 6.07) is 6.18. The van der Waals surface area contributed by atoms with E-state index in [1.807, 2.05) is 0 Å². The minimum Gasteiger partial charge on any atom is -0.381 e. The van der Waals surface area contributed by atoms with E-state index in [9.17, 15) is 0 Å². The van der Waals surface area contributed by atoms with Crippen molar-refractivity contribution in [3.05, 3.63) is 40.0 Å².